The van der Waals surface area contributed by atoms with Gasteiger partial charge in [0.1, 0.15) is 15.5 Å². The molecule has 34 heavy (non-hydrogen) atoms. The van der Waals surface area contributed by atoms with Crippen LogP contribution in [0.2, 0.25) is 0 Å². The predicted octanol–water partition coefficient (Wildman–Crippen LogP) is 2.67. The molecular weight excluding hydrogens is 448 g/mol. The van der Waals surface area contributed by atoms with E-state index in [1.807, 2.05) is 19.1 Å². The molecule has 5 N–H and O–H groups in total. The van der Waals surface area contributed by atoms with Gasteiger partial charge < -0.3 is 26.4 Å². The van der Waals surface area contributed by atoms with Crippen molar-refractivity contribution < 1.29 is 9.53 Å². The summed E-state index contributed by atoms with van der Waals surface area (Å²) in [5, 5.41) is 4.03. The number of nitrogens with two attached hydrogens (primary N) is 2. The van der Waals surface area contributed by atoms with Gasteiger partial charge in [0.2, 0.25) is 0 Å². The van der Waals surface area contributed by atoms with Crippen molar-refractivity contribution in [3.05, 3.63) is 46.1 Å². The van der Waals surface area contributed by atoms with Gasteiger partial charge in [-0.25, -0.2) is 9.97 Å². The Bertz CT molecular complexity index is 1240. The van der Waals surface area contributed by atoms with E-state index in [1.165, 1.54) is 16.9 Å². The lowest BCUT2D eigenvalue weighted by Crippen LogP contribution is -2.41. The van der Waals surface area contributed by atoms with Gasteiger partial charge in [0.15, 0.2) is 0 Å². The summed E-state index contributed by atoms with van der Waals surface area (Å²) in [4.78, 5) is 26.1. The molecule has 8 nitrogen and oxygen atoms in total. The van der Waals surface area contributed by atoms with Gasteiger partial charge in [0.25, 0.3) is 5.91 Å². The Labute approximate surface area is 203 Å². The monoisotopic (exact) mass is 480 g/mol. The average molecular weight is 481 g/mol. The molecule has 2 aliphatic rings. The van der Waals surface area contributed by atoms with E-state index in [4.69, 9.17) is 21.2 Å². The SMILES string of the molecule is COC[C@@]1(C)CN(c2ccc3c(n2)CC[C@H](NC(=O)c2sc4nc(C)ccc4c2N)C3)C[C@H]1N. The van der Waals surface area contributed by atoms with Crippen molar-refractivity contribution in [2.75, 3.05) is 37.4 Å². The molecular formula is C25H32N6O2S. The third-order valence-corrected chi connectivity index (χ3v) is 8.30. The van der Waals surface area contributed by atoms with Gasteiger partial charge in [-0.15, -0.1) is 11.3 Å². The zero-order valence-electron chi connectivity index (χ0n) is 19.9. The van der Waals surface area contributed by atoms with Crippen molar-refractivity contribution in [3.63, 3.8) is 0 Å². The first-order chi connectivity index (χ1) is 16.3. The standard InChI is InChI=1S/C25H32N6O2S/c1-14-4-7-17-21(27)22(34-24(17)28-14)23(32)29-16-6-8-18-15(10-16)5-9-20(30-18)31-11-19(26)25(2,12-31)13-33-3/h4-5,7,9,16,19H,6,8,10-13,26-27H2,1-3H3,(H,29,32)/t16-,19+,25+/m0/s1. The zero-order chi connectivity index (χ0) is 24.0. The second-order valence-corrected chi connectivity index (χ2v) is 10.9. The summed E-state index contributed by atoms with van der Waals surface area (Å²) in [5.41, 5.74) is 16.3. The number of nitrogen functional groups attached to an aromatic ring is 1. The number of aromatic nitrogens is 2. The van der Waals surface area contributed by atoms with Gasteiger partial charge in [-0.05, 0) is 49.9 Å². The van der Waals surface area contributed by atoms with Crippen LogP contribution in [0.15, 0.2) is 24.3 Å². The van der Waals surface area contributed by atoms with Gasteiger partial charge in [0.05, 0.1) is 12.3 Å². The van der Waals surface area contributed by atoms with Gasteiger partial charge in [-0.2, -0.15) is 0 Å². The molecule has 3 aromatic rings. The predicted molar refractivity (Wildman–Crippen MR) is 136 cm³/mol. The van der Waals surface area contributed by atoms with Crippen molar-refractivity contribution in [1.29, 1.82) is 0 Å². The number of aryl methyl sites for hydroxylation is 2. The number of amides is 1. The van der Waals surface area contributed by atoms with Crippen molar-refractivity contribution >= 4 is 39.0 Å². The molecule has 1 aliphatic heterocycles. The van der Waals surface area contributed by atoms with E-state index >= 15 is 0 Å². The minimum atomic E-state index is -0.125. The van der Waals surface area contributed by atoms with E-state index in [1.54, 1.807) is 7.11 Å². The molecule has 0 radical (unpaired) electrons. The highest BCUT2D eigenvalue weighted by Crippen LogP contribution is 2.34. The van der Waals surface area contributed by atoms with Gasteiger partial charge in [-0.1, -0.05) is 13.0 Å². The fourth-order valence-electron chi connectivity index (χ4n) is 5.14. The quantitative estimate of drug-likeness (QED) is 0.514. The molecule has 0 aromatic carbocycles. The molecule has 1 saturated heterocycles. The third kappa shape index (κ3) is 4.12. The summed E-state index contributed by atoms with van der Waals surface area (Å²) in [5.74, 6) is 0.844. The van der Waals surface area contributed by atoms with Crippen LogP contribution in [0.4, 0.5) is 11.5 Å². The molecule has 5 rings (SSSR count). The number of ether oxygens (including phenoxy) is 1. The van der Waals surface area contributed by atoms with Gasteiger partial charge in [-0.3, -0.25) is 4.79 Å². The topological polar surface area (TPSA) is 119 Å². The molecule has 0 bridgehead atoms. The summed E-state index contributed by atoms with van der Waals surface area (Å²) in [6, 6.07) is 8.17. The average Bonchev–Trinajstić information content (AvgIpc) is 3.29. The molecule has 3 aromatic heterocycles. The van der Waals surface area contributed by atoms with Crippen LogP contribution in [0.5, 0.6) is 0 Å². The normalized spacial score (nSPS) is 24.4. The Morgan fingerprint density at radius 2 is 2.15 bits per heavy atom. The van der Waals surface area contributed by atoms with Gasteiger partial charge in [0, 0.05) is 54.5 Å². The van der Waals surface area contributed by atoms with Crippen LogP contribution in [0.3, 0.4) is 0 Å². The lowest BCUT2D eigenvalue weighted by molar-refractivity contribution is 0.0938. The van der Waals surface area contributed by atoms with Crippen LogP contribution in [0.1, 0.15) is 40.0 Å². The number of nitrogens with zero attached hydrogens (tertiary/aromatic N) is 3. The van der Waals surface area contributed by atoms with Crippen LogP contribution >= 0.6 is 11.3 Å². The molecule has 1 amide bonds. The number of pyridine rings is 2. The number of rotatable bonds is 5. The number of carbonyl (C=O) groups excluding carboxylic acids is 1. The Hall–Kier alpha value is -2.75. The molecule has 4 heterocycles. The Morgan fingerprint density at radius 1 is 1.32 bits per heavy atom. The number of methoxy groups -OCH3 is 1. The van der Waals surface area contributed by atoms with Crippen LogP contribution in [-0.2, 0) is 17.6 Å². The summed E-state index contributed by atoms with van der Waals surface area (Å²) < 4.78 is 5.41. The molecule has 0 spiro atoms. The summed E-state index contributed by atoms with van der Waals surface area (Å²) in [7, 11) is 1.72. The fraction of sp³-hybridized carbons (Fsp3) is 0.480. The van der Waals surface area contributed by atoms with E-state index in [-0.39, 0.29) is 23.4 Å². The van der Waals surface area contributed by atoms with Crippen molar-refractivity contribution in [1.82, 2.24) is 15.3 Å². The number of fused-ring (bicyclic) bond motifs is 2. The number of hydrogen-bond donors (Lipinski definition) is 3. The van der Waals surface area contributed by atoms with E-state index in [2.05, 4.69) is 34.3 Å². The van der Waals surface area contributed by atoms with Crippen molar-refractivity contribution in [3.8, 4) is 0 Å². The number of carbonyl (C=O) groups is 1. The lowest BCUT2D eigenvalue weighted by Gasteiger charge is -2.28. The van der Waals surface area contributed by atoms with E-state index in [9.17, 15) is 4.79 Å². The molecule has 9 heteroatoms. The minimum Gasteiger partial charge on any atom is -0.397 e. The van der Waals surface area contributed by atoms with E-state index in [0.29, 0.717) is 17.2 Å². The van der Waals surface area contributed by atoms with Crippen molar-refractivity contribution in [2.45, 2.75) is 45.2 Å². The molecule has 3 atom stereocenters. The fourth-order valence-corrected chi connectivity index (χ4v) is 6.18. The molecule has 0 saturated carbocycles. The smallest absolute Gasteiger partial charge is 0.263 e. The van der Waals surface area contributed by atoms with E-state index < -0.39 is 0 Å². The molecule has 1 aliphatic carbocycles. The highest BCUT2D eigenvalue weighted by Gasteiger charge is 2.41. The van der Waals surface area contributed by atoms with Crippen molar-refractivity contribution in [2.24, 2.45) is 11.1 Å². The maximum atomic E-state index is 13.0. The van der Waals surface area contributed by atoms with Crippen LogP contribution in [-0.4, -0.2) is 54.8 Å². The largest absolute Gasteiger partial charge is 0.397 e. The first-order valence-corrected chi connectivity index (χ1v) is 12.5. The summed E-state index contributed by atoms with van der Waals surface area (Å²) in [6.07, 6.45) is 2.43. The zero-order valence-corrected chi connectivity index (χ0v) is 20.7. The molecule has 0 unspecified atom stereocenters. The second kappa shape index (κ2) is 8.79. The lowest BCUT2D eigenvalue weighted by atomic mass is 9.87. The Kier molecular flexibility index (Phi) is 5.95. The highest BCUT2D eigenvalue weighted by atomic mass is 32.1. The number of thiophene rings is 1. The summed E-state index contributed by atoms with van der Waals surface area (Å²) in [6.45, 7) is 6.35. The van der Waals surface area contributed by atoms with Crippen LogP contribution in [0, 0.1) is 12.3 Å². The number of hydrogen-bond acceptors (Lipinski definition) is 8. The second-order valence-electron chi connectivity index (χ2n) is 9.91. The Balaban J connectivity index is 1.27. The van der Waals surface area contributed by atoms with E-state index in [0.717, 1.165) is 59.8 Å². The first kappa shape index (κ1) is 23.0. The maximum absolute atomic E-state index is 13.0. The number of nitrogens with one attached hydrogen (secondary N) is 1. The number of anilines is 2. The minimum absolute atomic E-state index is 0.0466. The third-order valence-electron chi connectivity index (χ3n) is 7.19. The highest BCUT2D eigenvalue weighted by molar-refractivity contribution is 7.21. The molecule has 180 valence electrons. The first-order valence-electron chi connectivity index (χ1n) is 11.7. The Morgan fingerprint density at radius 3 is 2.94 bits per heavy atom. The maximum Gasteiger partial charge on any atom is 0.263 e. The van der Waals surface area contributed by atoms with Crippen LogP contribution in [0.25, 0.3) is 10.2 Å². The molecule has 1 fully saturated rings. The van der Waals surface area contributed by atoms with Crippen LogP contribution < -0.4 is 21.7 Å². The summed E-state index contributed by atoms with van der Waals surface area (Å²) >= 11 is 1.35. The van der Waals surface area contributed by atoms with Gasteiger partial charge >= 0.3 is 0 Å².